The maximum Gasteiger partial charge on any atom is 0.0456 e. The van der Waals surface area contributed by atoms with Gasteiger partial charge in [0.15, 0.2) is 0 Å². The summed E-state index contributed by atoms with van der Waals surface area (Å²) in [7, 11) is 0. The van der Waals surface area contributed by atoms with Gasteiger partial charge < -0.3 is 9.80 Å². The van der Waals surface area contributed by atoms with Gasteiger partial charge in [0.05, 0.1) is 0 Å². The Kier molecular flexibility index (Phi) is 11.3. The van der Waals surface area contributed by atoms with Crippen LogP contribution in [0.15, 0.2) is 219 Å². The van der Waals surface area contributed by atoms with Gasteiger partial charge in [-0.25, -0.2) is 0 Å². The fourth-order valence-electron chi connectivity index (χ4n) is 7.23. The summed E-state index contributed by atoms with van der Waals surface area (Å²) >= 11 is 0. The molecule has 0 saturated carbocycles. The van der Waals surface area contributed by atoms with Crippen LogP contribution in [0.25, 0.3) is 22.3 Å². The van der Waals surface area contributed by atoms with Crippen molar-refractivity contribution in [3.63, 3.8) is 0 Å². The molecule has 0 radical (unpaired) electrons. The quantitative estimate of drug-likeness (QED) is 0.130. The van der Waals surface area contributed by atoms with E-state index in [1.54, 1.807) is 0 Å². The van der Waals surface area contributed by atoms with E-state index < -0.39 is 0 Å². The van der Waals surface area contributed by atoms with E-state index in [2.05, 4.69) is 256 Å². The molecule has 0 heterocycles. The smallest absolute Gasteiger partial charge is 0.0456 e. The van der Waals surface area contributed by atoms with Crippen molar-refractivity contribution in [2.45, 2.75) is 27.7 Å². The van der Waals surface area contributed by atoms with Gasteiger partial charge in [-0.2, -0.15) is 0 Å². The topological polar surface area (TPSA) is 6.48 Å². The maximum atomic E-state index is 2.30. The molecule has 0 amide bonds. The van der Waals surface area contributed by atoms with Gasteiger partial charge in [0.2, 0.25) is 0 Å². The highest BCUT2D eigenvalue weighted by molar-refractivity contribution is 5.86. The molecule has 8 rings (SSSR count). The standard InChI is InChI=1S/C56H48N2/c1-41-15-23-49(24-16-41)55(47-11-7-5-8-12-47)39-57(51-31-19-43(3)20-32-51)53-35-27-45(28-36-53)46-29-37-54(38-30-46)58(52-33-21-44(4)22-34-52)40-56(48-13-9-6-10-14-48)50-25-17-42(2)18-26-50/h5-40H,1-4H3/b55-39+,56-40+. The second kappa shape index (κ2) is 17.3. The Morgan fingerprint density at radius 3 is 0.810 bits per heavy atom. The number of anilines is 4. The molecule has 0 spiro atoms. The highest BCUT2D eigenvalue weighted by Crippen LogP contribution is 2.36. The molecule has 0 aliphatic rings. The summed E-state index contributed by atoms with van der Waals surface area (Å²) in [6.07, 6.45) is 4.56. The number of aryl methyl sites for hydroxylation is 4. The molecule has 0 fully saturated rings. The summed E-state index contributed by atoms with van der Waals surface area (Å²) in [5.74, 6) is 0. The zero-order chi connectivity index (χ0) is 39.8. The third kappa shape index (κ3) is 8.78. The molecule has 282 valence electrons. The molecule has 0 bridgehead atoms. The van der Waals surface area contributed by atoms with Crippen molar-refractivity contribution in [2.75, 3.05) is 9.80 Å². The normalized spacial score (nSPS) is 11.7. The minimum atomic E-state index is 1.09. The molecule has 2 nitrogen and oxygen atoms in total. The monoisotopic (exact) mass is 748 g/mol. The third-order valence-electron chi connectivity index (χ3n) is 10.7. The molecule has 0 aliphatic carbocycles. The van der Waals surface area contributed by atoms with E-state index in [0.29, 0.717) is 0 Å². The molecule has 0 unspecified atom stereocenters. The van der Waals surface area contributed by atoms with Crippen molar-refractivity contribution < 1.29 is 0 Å². The minimum Gasteiger partial charge on any atom is -0.317 e. The van der Waals surface area contributed by atoms with Crippen molar-refractivity contribution in [3.05, 3.63) is 263 Å². The summed E-state index contributed by atoms with van der Waals surface area (Å²) in [5, 5.41) is 0. The summed E-state index contributed by atoms with van der Waals surface area (Å²) < 4.78 is 0. The van der Waals surface area contributed by atoms with Crippen LogP contribution in [0, 0.1) is 27.7 Å². The van der Waals surface area contributed by atoms with E-state index in [1.165, 1.54) is 44.5 Å². The van der Waals surface area contributed by atoms with Crippen LogP contribution in [0.4, 0.5) is 22.7 Å². The van der Waals surface area contributed by atoms with Crippen LogP contribution in [-0.2, 0) is 0 Å². The fraction of sp³-hybridized carbons (Fsp3) is 0.0714. The first-order chi connectivity index (χ1) is 28.4. The molecule has 0 saturated heterocycles. The van der Waals surface area contributed by atoms with Gasteiger partial charge in [0, 0.05) is 46.3 Å². The van der Waals surface area contributed by atoms with Gasteiger partial charge in [0.1, 0.15) is 0 Å². The zero-order valence-corrected chi connectivity index (χ0v) is 33.7. The lowest BCUT2D eigenvalue weighted by molar-refractivity contribution is 1.27. The summed E-state index contributed by atoms with van der Waals surface area (Å²) in [4.78, 5) is 4.61. The van der Waals surface area contributed by atoms with Crippen LogP contribution in [0.3, 0.4) is 0 Å². The molecule has 0 aliphatic heterocycles. The SMILES string of the molecule is Cc1ccc(/C(=C/N(c2ccc(C)cc2)c2ccc(-c3ccc(N(/C=C(\c4ccccc4)c4ccc(C)cc4)c4ccc(C)cc4)cc3)cc2)c2ccccc2)cc1. The summed E-state index contributed by atoms with van der Waals surface area (Å²) in [6, 6.07) is 74.3. The maximum absolute atomic E-state index is 2.30. The van der Waals surface area contributed by atoms with Gasteiger partial charge in [0.25, 0.3) is 0 Å². The average Bonchev–Trinajstić information content (AvgIpc) is 3.27. The predicted octanol–water partition coefficient (Wildman–Crippen LogP) is 15.0. The molecule has 58 heavy (non-hydrogen) atoms. The second-order valence-corrected chi connectivity index (χ2v) is 15.1. The Labute approximate surface area is 344 Å². The first kappa shape index (κ1) is 37.7. The first-order valence-electron chi connectivity index (χ1n) is 20.0. The van der Waals surface area contributed by atoms with E-state index >= 15 is 0 Å². The lowest BCUT2D eigenvalue weighted by atomic mass is 9.97. The average molecular weight is 749 g/mol. The molecule has 2 heteroatoms. The van der Waals surface area contributed by atoms with Crippen LogP contribution < -0.4 is 9.80 Å². The van der Waals surface area contributed by atoms with Gasteiger partial charge in [-0.1, -0.05) is 180 Å². The van der Waals surface area contributed by atoms with Crippen molar-refractivity contribution in [3.8, 4) is 11.1 Å². The van der Waals surface area contributed by atoms with E-state index in [-0.39, 0.29) is 0 Å². The second-order valence-electron chi connectivity index (χ2n) is 15.1. The number of rotatable bonds is 11. The molecule has 0 atom stereocenters. The minimum absolute atomic E-state index is 1.09. The lowest BCUT2D eigenvalue weighted by Crippen LogP contribution is -2.10. The predicted molar refractivity (Wildman–Crippen MR) is 248 cm³/mol. The van der Waals surface area contributed by atoms with Gasteiger partial charge in [-0.3, -0.25) is 0 Å². The molecular formula is C56H48N2. The molecule has 8 aromatic carbocycles. The largest absolute Gasteiger partial charge is 0.317 e. The van der Waals surface area contributed by atoms with Crippen molar-refractivity contribution in [1.82, 2.24) is 0 Å². The van der Waals surface area contributed by atoms with Crippen LogP contribution in [0.2, 0.25) is 0 Å². The van der Waals surface area contributed by atoms with Gasteiger partial charge in [-0.15, -0.1) is 0 Å². The van der Waals surface area contributed by atoms with Gasteiger partial charge >= 0.3 is 0 Å². The Balaban J connectivity index is 1.16. The summed E-state index contributed by atoms with van der Waals surface area (Å²) in [5.41, 5.74) is 18.7. The Morgan fingerprint density at radius 2 is 0.517 bits per heavy atom. The van der Waals surface area contributed by atoms with Gasteiger partial charge in [-0.05, 0) is 110 Å². The molecular weight excluding hydrogens is 701 g/mol. The Hall–Kier alpha value is -7.16. The number of hydrogen-bond acceptors (Lipinski definition) is 2. The van der Waals surface area contributed by atoms with E-state index in [1.807, 2.05) is 0 Å². The van der Waals surface area contributed by atoms with Crippen LogP contribution >= 0.6 is 0 Å². The Bertz CT molecular complexity index is 2430. The highest BCUT2D eigenvalue weighted by atomic mass is 15.1. The number of nitrogens with zero attached hydrogens (tertiary/aromatic N) is 2. The zero-order valence-electron chi connectivity index (χ0n) is 33.7. The third-order valence-corrected chi connectivity index (χ3v) is 10.7. The first-order valence-corrected chi connectivity index (χ1v) is 20.0. The van der Waals surface area contributed by atoms with E-state index in [4.69, 9.17) is 0 Å². The van der Waals surface area contributed by atoms with Crippen LogP contribution in [0.5, 0.6) is 0 Å². The van der Waals surface area contributed by atoms with Crippen molar-refractivity contribution in [2.24, 2.45) is 0 Å². The van der Waals surface area contributed by atoms with Crippen molar-refractivity contribution >= 4 is 33.9 Å². The lowest BCUT2D eigenvalue weighted by Gasteiger charge is -2.24. The fourth-order valence-corrected chi connectivity index (χ4v) is 7.23. The molecule has 0 aromatic heterocycles. The van der Waals surface area contributed by atoms with Crippen LogP contribution in [-0.4, -0.2) is 0 Å². The van der Waals surface area contributed by atoms with Crippen molar-refractivity contribution in [1.29, 1.82) is 0 Å². The molecule has 8 aromatic rings. The highest BCUT2D eigenvalue weighted by Gasteiger charge is 2.15. The van der Waals surface area contributed by atoms with E-state index in [9.17, 15) is 0 Å². The van der Waals surface area contributed by atoms with Crippen LogP contribution in [0.1, 0.15) is 44.5 Å². The molecule has 0 N–H and O–H groups in total. The number of hydrogen-bond donors (Lipinski definition) is 0. The number of benzene rings is 8. The summed E-state index contributed by atoms with van der Waals surface area (Å²) in [6.45, 7) is 8.53. The van der Waals surface area contributed by atoms with E-state index in [0.717, 1.165) is 45.0 Å². The Morgan fingerprint density at radius 1 is 0.276 bits per heavy atom.